The van der Waals surface area contributed by atoms with Crippen LogP contribution in [0.2, 0.25) is 0 Å². The van der Waals surface area contributed by atoms with Crippen LogP contribution in [0, 0.1) is 6.92 Å². The molecule has 0 aliphatic carbocycles. The number of alkyl halides is 1. The minimum absolute atomic E-state index is 0.0208. The molecule has 0 aromatic carbocycles. The van der Waals surface area contributed by atoms with E-state index >= 15 is 0 Å². The highest BCUT2D eigenvalue weighted by Gasteiger charge is 2.09. The topological polar surface area (TPSA) is 42.0 Å². The zero-order chi connectivity index (χ0) is 12.0. The molecular formula is C12H17BrN2O. The van der Waals surface area contributed by atoms with Gasteiger partial charge in [-0.05, 0) is 38.8 Å². The van der Waals surface area contributed by atoms with Gasteiger partial charge in [-0.25, -0.2) is 0 Å². The summed E-state index contributed by atoms with van der Waals surface area (Å²) in [6.07, 6.45) is 3.71. The number of carbonyl (C=O) groups excluding carboxylic acids is 1. The lowest BCUT2D eigenvalue weighted by Crippen LogP contribution is -2.32. The zero-order valence-corrected chi connectivity index (χ0v) is 11.3. The molecule has 1 amide bonds. The highest BCUT2D eigenvalue weighted by Crippen LogP contribution is 2.04. The number of aryl methyl sites for hydroxylation is 1. The molecule has 0 bridgehead atoms. The van der Waals surface area contributed by atoms with Gasteiger partial charge in [0.15, 0.2) is 0 Å². The van der Waals surface area contributed by atoms with Crippen molar-refractivity contribution < 1.29 is 4.79 Å². The Morgan fingerprint density at radius 2 is 2.38 bits per heavy atom. The lowest BCUT2D eigenvalue weighted by atomic mass is 10.1. The molecule has 0 aliphatic rings. The van der Waals surface area contributed by atoms with Crippen molar-refractivity contribution in [1.29, 1.82) is 0 Å². The average molecular weight is 285 g/mol. The Labute approximate surface area is 105 Å². The third-order valence-corrected chi connectivity index (χ3v) is 2.87. The number of hydrogen-bond acceptors (Lipinski definition) is 2. The van der Waals surface area contributed by atoms with Gasteiger partial charge in [0.1, 0.15) is 0 Å². The molecule has 0 saturated carbocycles. The molecule has 1 heterocycles. The normalized spacial score (nSPS) is 12.2. The fourth-order valence-corrected chi connectivity index (χ4v) is 1.77. The second kappa shape index (κ2) is 6.63. The van der Waals surface area contributed by atoms with Gasteiger partial charge in [-0.2, -0.15) is 0 Å². The van der Waals surface area contributed by atoms with E-state index in [4.69, 9.17) is 0 Å². The van der Waals surface area contributed by atoms with Crippen LogP contribution in [0.4, 0.5) is 0 Å². The molecule has 3 nitrogen and oxygen atoms in total. The third-order valence-electron chi connectivity index (χ3n) is 2.31. The first-order valence-electron chi connectivity index (χ1n) is 5.43. The van der Waals surface area contributed by atoms with Gasteiger partial charge in [0.2, 0.25) is 0 Å². The lowest BCUT2D eigenvalue weighted by Gasteiger charge is -2.13. The molecule has 1 unspecified atom stereocenters. The van der Waals surface area contributed by atoms with E-state index in [0.717, 1.165) is 23.9 Å². The van der Waals surface area contributed by atoms with Gasteiger partial charge >= 0.3 is 0 Å². The lowest BCUT2D eigenvalue weighted by molar-refractivity contribution is 0.0938. The number of amides is 1. The maximum Gasteiger partial charge on any atom is 0.251 e. The van der Waals surface area contributed by atoms with Crippen molar-refractivity contribution >= 4 is 21.8 Å². The van der Waals surface area contributed by atoms with Gasteiger partial charge < -0.3 is 5.32 Å². The molecule has 1 atom stereocenters. The van der Waals surface area contributed by atoms with Crippen molar-refractivity contribution in [2.75, 3.05) is 5.33 Å². The maximum absolute atomic E-state index is 11.8. The molecule has 0 saturated heterocycles. The van der Waals surface area contributed by atoms with Gasteiger partial charge in [0.25, 0.3) is 5.91 Å². The summed E-state index contributed by atoms with van der Waals surface area (Å²) in [6, 6.07) is 3.74. The van der Waals surface area contributed by atoms with E-state index in [1.54, 1.807) is 18.3 Å². The first-order valence-corrected chi connectivity index (χ1v) is 6.55. The Bertz CT molecular complexity index is 355. The smallest absolute Gasteiger partial charge is 0.251 e. The molecule has 1 aromatic heterocycles. The number of carbonyl (C=O) groups is 1. The van der Waals surface area contributed by atoms with Crippen molar-refractivity contribution in [3.8, 4) is 0 Å². The number of aromatic nitrogens is 1. The molecule has 0 spiro atoms. The standard InChI is InChI=1S/C12H17BrN2O/c1-9(4-3-6-13)15-12(16)11-5-7-14-10(2)8-11/h5,7-9H,3-4,6H2,1-2H3,(H,15,16). The Morgan fingerprint density at radius 1 is 1.62 bits per heavy atom. The highest BCUT2D eigenvalue weighted by molar-refractivity contribution is 9.09. The number of hydrogen-bond donors (Lipinski definition) is 1. The Morgan fingerprint density at radius 3 is 3.00 bits per heavy atom. The number of nitrogens with one attached hydrogen (secondary N) is 1. The van der Waals surface area contributed by atoms with Gasteiger partial charge in [-0.1, -0.05) is 15.9 Å². The van der Waals surface area contributed by atoms with E-state index in [9.17, 15) is 4.79 Å². The summed E-state index contributed by atoms with van der Waals surface area (Å²) in [5.74, 6) is -0.0208. The second-order valence-electron chi connectivity index (χ2n) is 3.89. The molecule has 0 aliphatic heterocycles. The Kier molecular flexibility index (Phi) is 5.46. The number of pyridine rings is 1. The predicted octanol–water partition coefficient (Wildman–Crippen LogP) is 2.68. The summed E-state index contributed by atoms with van der Waals surface area (Å²) in [5, 5.41) is 3.94. The van der Waals surface area contributed by atoms with Crippen LogP contribution in [0.3, 0.4) is 0 Å². The third kappa shape index (κ3) is 4.31. The van der Waals surface area contributed by atoms with Gasteiger partial charge in [0.05, 0.1) is 0 Å². The van der Waals surface area contributed by atoms with E-state index < -0.39 is 0 Å². The van der Waals surface area contributed by atoms with E-state index in [1.807, 2.05) is 13.8 Å². The van der Waals surface area contributed by atoms with Crippen LogP contribution in [-0.2, 0) is 0 Å². The summed E-state index contributed by atoms with van der Waals surface area (Å²) >= 11 is 3.38. The van der Waals surface area contributed by atoms with E-state index in [1.165, 1.54) is 0 Å². The van der Waals surface area contributed by atoms with E-state index in [2.05, 4.69) is 26.2 Å². The SMILES string of the molecule is Cc1cc(C(=O)NC(C)CCCBr)ccn1. The van der Waals surface area contributed by atoms with Crippen LogP contribution in [0.15, 0.2) is 18.3 Å². The molecule has 1 aromatic rings. The first kappa shape index (κ1) is 13.2. The summed E-state index contributed by atoms with van der Waals surface area (Å²) in [7, 11) is 0. The minimum Gasteiger partial charge on any atom is -0.350 e. The second-order valence-corrected chi connectivity index (χ2v) is 4.68. The van der Waals surface area contributed by atoms with Crippen molar-refractivity contribution in [3.05, 3.63) is 29.6 Å². The molecule has 1 N–H and O–H groups in total. The Hall–Kier alpha value is -0.900. The largest absolute Gasteiger partial charge is 0.350 e. The van der Waals surface area contributed by atoms with Crippen LogP contribution in [0.25, 0.3) is 0 Å². The van der Waals surface area contributed by atoms with E-state index in [0.29, 0.717) is 5.56 Å². The quantitative estimate of drug-likeness (QED) is 0.845. The fraction of sp³-hybridized carbons (Fsp3) is 0.500. The number of nitrogens with zero attached hydrogens (tertiary/aromatic N) is 1. The average Bonchev–Trinajstić information content (AvgIpc) is 2.26. The van der Waals surface area contributed by atoms with Crippen LogP contribution in [-0.4, -0.2) is 22.3 Å². The van der Waals surface area contributed by atoms with Crippen LogP contribution in [0.1, 0.15) is 35.8 Å². The summed E-state index contributed by atoms with van der Waals surface area (Å²) in [5.41, 5.74) is 1.54. The minimum atomic E-state index is -0.0208. The molecule has 4 heteroatoms. The maximum atomic E-state index is 11.8. The number of rotatable bonds is 5. The summed E-state index contributed by atoms with van der Waals surface area (Å²) in [4.78, 5) is 15.9. The van der Waals surface area contributed by atoms with Crippen LogP contribution in [0.5, 0.6) is 0 Å². The van der Waals surface area contributed by atoms with Crippen molar-refractivity contribution in [2.45, 2.75) is 32.7 Å². The monoisotopic (exact) mass is 284 g/mol. The van der Waals surface area contributed by atoms with Gasteiger partial charge in [-0.15, -0.1) is 0 Å². The van der Waals surface area contributed by atoms with Gasteiger partial charge in [0, 0.05) is 28.8 Å². The van der Waals surface area contributed by atoms with Crippen molar-refractivity contribution in [1.82, 2.24) is 10.3 Å². The summed E-state index contributed by atoms with van der Waals surface area (Å²) < 4.78 is 0. The molecular weight excluding hydrogens is 268 g/mol. The summed E-state index contributed by atoms with van der Waals surface area (Å²) in [6.45, 7) is 3.90. The Balaban J connectivity index is 2.52. The molecule has 88 valence electrons. The number of halogens is 1. The van der Waals surface area contributed by atoms with Crippen molar-refractivity contribution in [2.24, 2.45) is 0 Å². The molecule has 16 heavy (non-hydrogen) atoms. The van der Waals surface area contributed by atoms with Gasteiger partial charge in [-0.3, -0.25) is 9.78 Å². The fourth-order valence-electron chi connectivity index (χ4n) is 1.45. The van der Waals surface area contributed by atoms with Crippen LogP contribution < -0.4 is 5.32 Å². The molecule has 0 radical (unpaired) electrons. The highest BCUT2D eigenvalue weighted by atomic mass is 79.9. The van der Waals surface area contributed by atoms with E-state index in [-0.39, 0.29) is 11.9 Å². The molecule has 1 rings (SSSR count). The molecule has 0 fully saturated rings. The first-order chi connectivity index (χ1) is 7.63. The van der Waals surface area contributed by atoms with Crippen LogP contribution >= 0.6 is 15.9 Å². The zero-order valence-electron chi connectivity index (χ0n) is 9.66. The predicted molar refractivity (Wildman–Crippen MR) is 68.9 cm³/mol. The van der Waals surface area contributed by atoms with Crippen molar-refractivity contribution in [3.63, 3.8) is 0 Å².